The number of aromatic nitrogens is 2. The predicted molar refractivity (Wildman–Crippen MR) is 99.5 cm³/mol. The third kappa shape index (κ3) is 3.82. The SMILES string of the molecule is Cc1nc(N2CCOCC2)nc2c1CCN(C(=O)c1cc(F)cc(F)c1)CC2. The van der Waals surface area contributed by atoms with Gasteiger partial charge in [0.25, 0.3) is 5.91 Å². The van der Waals surface area contributed by atoms with Gasteiger partial charge >= 0.3 is 0 Å². The van der Waals surface area contributed by atoms with Crippen LogP contribution in [-0.4, -0.2) is 60.2 Å². The fourth-order valence-corrected chi connectivity index (χ4v) is 3.74. The highest BCUT2D eigenvalue weighted by Gasteiger charge is 2.24. The number of ether oxygens (including phenoxy) is 1. The number of fused-ring (bicyclic) bond motifs is 1. The Bertz CT molecular complexity index is 880. The van der Waals surface area contributed by atoms with E-state index in [1.807, 2.05) is 6.92 Å². The van der Waals surface area contributed by atoms with Crippen LogP contribution in [0, 0.1) is 18.6 Å². The molecule has 6 nitrogen and oxygen atoms in total. The molecule has 4 rings (SSSR count). The van der Waals surface area contributed by atoms with E-state index in [2.05, 4.69) is 9.88 Å². The van der Waals surface area contributed by atoms with Gasteiger partial charge in [0.15, 0.2) is 0 Å². The van der Waals surface area contributed by atoms with Gasteiger partial charge in [-0.1, -0.05) is 0 Å². The fraction of sp³-hybridized carbons (Fsp3) is 0.450. The first-order chi connectivity index (χ1) is 13.5. The van der Waals surface area contributed by atoms with Crippen molar-refractivity contribution in [2.45, 2.75) is 19.8 Å². The van der Waals surface area contributed by atoms with Gasteiger partial charge < -0.3 is 14.5 Å². The van der Waals surface area contributed by atoms with Gasteiger partial charge in [0.1, 0.15) is 11.6 Å². The molecule has 0 spiro atoms. The highest BCUT2D eigenvalue weighted by Crippen LogP contribution is 2.22. The molecule has 8 heteroatoms. The Kier molecular flexibility index (Phi) is 5.21. The topological polar surface area (TPSA) is 58.6 Å². The number of hydrogen-bond donors (Lipinski definition) is 0. The van der Waals surface area contributed by atoms with Crippen LogP contribution < -0.4 is 4.90 Å². The van der Waals surface area contributed by atoms with Gasteiger partial charge in [-0.05, 0) is 31.0 Å². The Morgan fingerprint density at radius 1 is 1.00 bits per heavy atom. The lowest BCUT2D eigenvalue weighted by molar-refractivity contribution is 0.0762. The van der Waals surface area contributed by atoms with E-state index in [0.717, 1.165) is 48.2 Å². The molecule has 3 heterocycles. The number of aryl methyl sites for hydroxylation is 1. The smallest absolute Gasteiger partial charge is 0.254 e. The number of nitrogens with zero attached hydrogens (tertiary/aromatic N) is 4. The summed E-state index contributed by atoms with van der Waals surface area (Å²) >= 11 is 0. The molecule has 0 N–H and O–H groups in total. The number of benzene rings is 1. The summed E-state index contributed by atoms with van der Waals surface area (Å²) in [6, 6.07) is 2.91. The summed E-state index contributed by atoms with van der Waals surface area (Å²) in [4.78, 5) is 25.9. The molecule has 28 heavy (non-hydrogen) atoms. The van der Waals surface area contributed by atoms with E-state index in [1.54, 1.807) is 4.90 Å². The van der Waals surface area contributed by atoms with Gasteiger partial charge in [-0.2, -0.15) is 0 Å². The number of anilines is 1. The van der Waals surface area contributed by atoms with Crippen molar-refractivity contribution in [1.29, 1.82) is 0 Å². The zero-order valence-electron chi connectivity index (χ0n) is 15.8. The molecule has 1 fully saturated rings. The highest BCUT2D eigenvalue weighted by atomic mass is 19.1. The average Bonchev–Trinajstić information content (AvgIpc) is 2.90. The van der Waals surface area contributed by atoms with Crippen LogP contribution in [0.2, 0.25) is 0 Å². The van der Waals surface area contributed by atoms with Crippen LogP contribution in [0.15, 0.2) is 18.2 Å². The van der Waals surface area contributed by atoms with Crippen LogP contribution in [0.25, 0.3) is 0 Å². The Morgan fingerprint density at radius 3 is 2.39 bits per heavy atom. The molecule has 0 bridgehead atoms. The molecule has 2 aliphatic rings. The monoisotopic (exact) mass is 388 g/mol. The van der Waals surface area contributed by atoms with E-state index in [-0.39, 0.29) is 11.5 Å². The summed E-state index contributed by atoms with van der Waals surface area (Å²) in [5.74, 6) is -1.17. The first-order valence-corrected chi connectivity index (χ1v) is 9.46. The summed E-state index contributed by atoms with van der Waals surface area (Å²) in [6.07, 6.45) is 1.20. The Labute approximate surface area is 162 Å². The normalized spacial score (nSPS) is 17.2. The number of carbonyl (C=O) groups excluding carboxylic acids is 1. The average molecular weight is 388 g/mol. The third-order valence-electron chi connectivity index (χ3n) is 5.23. The number of halogens is 2. The quantitative estimate of drug-likeness (QED) is 0.789. The lowest BCUT2D eigenvalue weighted by Crippen LogP contribution is -2.37. The summed E-state index contributed by atoms with van der Waals surface area (Å²) < 4.78 is 32.4. The molecule has 2 aliphatic heterocycles. The van der Waals surface area contributed by atoms with Crippen LogP contribution in [0.5, 0.6) is 0 Å². The molecule has 0 radical (unpaired) electrons. The van der Waals surface area contributed by atoms with Crippen molar-refractivity contribution < 1.29 is 18.3 Å². The second-order valence-corrected chi connectivity index (χ2v) is 7.08. The summed E-state index contributed by atoms with van der Waals surface area (Å²) in [7, 11) is 0. The minimum Gasteiger partial charge on any atom is -0.378 e. The van der Waals surface area contributed by atoms with Crippen molar-refractivity contribution in [3.63, 3.8) is 0 Å². The summed E-state index contributed by atoms with van der Waals surface area (Å²) in [5.41, 5.74) is 2.94. The van der Waals surface area contributed by atoms with Crippen LogP contribution in [0.1, 0.15) is 27.3 Å². The van der Waals surface area contributed by atoms with Crippen molar-refractivity contribution in [2.24, 2.45) is 0 Å². The second-order valence-electron chi connectivity index (χ2n) is 7.08. The summed E-state index contributed by atoms with van der Waals surface area (Å²) in [6.45, 7) is 5.71. The maximum Gasteiger partial charge on any atom is 0.254 e. The van der Waals surface area contributed by atoms with E-state index in [1.165, 1.54) is 0 Å². The van der Waals surface area contributed by atoms with Crippen molar-refractivity contribution in [1.82, 2.24) is 14.9 Å². The van der Waals surface area contributed by atoms with E-state index < -0.39 is 11.6 Å². The van der Waals surface area contributed by atoms with Crippen LogP contribution in [-0.2, 0) is 17.6 Å². The largest absolute Gasteiger partial charge is 0.378 e. The number of amides is 1. The molecule has 1 aromatic carbocycles. The fourth-order valence-electron chi connectivity index (χ4n) is 3.74. The zero-order chi connectivity index (χ0) is 19.7. The maximum absolute atomic E-state index is 13.5. The predicted octanol–water partition coefficient (Wildman–Crippen LogP) is 2.14. The number of hydrogen-bond acceptors (Lipinski definition) is 5. The van der Waals surface area contributed by atoms with Crippen molar-refractivity contribution in [3.05, 3.63) is 52.3 Å². The lowest BCUT2D eigenvalue weighted by atomic mass is 10.1. The Morgan fingerprint density at radius 2 is 1.68 bits per heavy atom. The van der Waals surface area contributed by atoms with E-state index >= 15 is 0 Å². The molecule has 1 saturated heterocycles. The molecule has 2 aromatic rings. The molecule has 148 valence electrons. The standard InChI is InChI=1S/C20H22F2N4O2/c1-13-17-2-4-25(19(27)14-10-15(21)12-16(22)11-14)5-3-18(17)24-20(23-13)26-6-8-28-9-7-26/h10-12H,2-9H2,1H3. The molecule has 1 amide bonds. The first-order valence-electron chi connectivity index (χ1n) is 9.46. The van der Waals surface area contributed by atoms with Crippen molar-refractivity contribution in [3.8, 4) is 0 Å². The van der Waals surface area contributed by atoms with Crippen molar-refractivity contribution >= 4 is 11.9 Å². The maximum atomic E-state index is 13.5. The molecule has 0 unspecified atom stereocenters. The zero-order valence-corrected chi connectivity index (χ0v) is 15.8. The molecular weight excluding hydrogens is 366 g/mol. The van der Waals surface area contributed by atoms with Gasteiger partial charge in [0, 0.05) is 49.9 Å². The lowest BCUT2D eigenvalue weighted by Gasteiger charge is -2.27. The summed E-state index contributed by atoms with van der Waals surface area (Å²) in [5, 5.41) is 0. The van der Waals surface area contributed by atoms with Gasteiger partial charge in [-0.3, -0.25) is 4.79 Å². The number of morpholine rings is 1. The molecule has 0 aliphatic carbocycles. The third-order valence-corrected chi connectivity index (χ3v) is 5.23. The van der Waals surface area contributed by atoms with Crippen LogP contribution in [0.4, 0.5) is 14.7 Å². The highest BCUT2D eigenvalue weighted by molar-refractivity contribution is 5.94. The minimum absolute atomic E-state index is 0.0280. The minimum atomic E-state index is -0.752. The van der Waals surface area contributed by atoms with Gasteiger partial charge in [-0.15, -0.1) is 0 Å². The van der Waals surface area contributed by atoms with E-state index in [4.69, 9.17) is 9.72 Å². The number of rotatable bonds is 2. The Hall–Kier alpha value is -2.61. The van der Waals surface area contributed by atoms with Gasteiger partial charge in [0.2, 0.25) is 5.95 Å². The van der Waals surface area contributed by atoms with E-state index in [0.29, 0.717) is 45.1 Å². The first kappa shape index (κ1) is 18.7. The molecule has 0 atom stereocenters. The molecule has 1 aromatic heterocycles. The number of carbonyl (C=O) groups is 1. The van der Waals surface area contributed by atoms with Gasteiger partial charge in [-0.25, -0.2) is 18.7 Å². The molecule has 0 saturated carbocycles. The van der Waals surface area contributed by atoms with E-state index in [9.17, 15) is 13.6 Å². The molecular formula is C20H22F2N4O2. The van der Waals surface area contributed by atoms with Gasteiger partial charge in [0.05, 0.1) is 18.9 Å². The Balaban J connectivity index is 1.54. The van der Waals surface area contributed by atoms with Crippen LogP contribution in [0.3, 0.4) is 0 Å². The van der Waals surface area contributed by atoms with Crippen LogP contribution >= 0.6 is 0 Å². The van der Waals surface area contributed by atoms with Crippen molar-refractivity contribution in [2.75, 3.05) is 44.3 Å². The second kappa shape index (κ2) is 7.79.